The molecule has 1 fully saturated rings. The highest BCUT2D eigenvalue weighted by molar-refractivity contribution is 7.16. The lowest BCUT2D eigenvalue weighted by Gasteiger charge is -2.31. The van der Waals surface area contributed by atoms with Crippen LogP contribution in [0.15, 0.2) is 46.8 Å². The summed E-state index contributed by atoms with van der Waals surface area (Å²) in [7, 11) is 0. The van der Waals surface area contributed by atoms with Crippen molar-refractivity contribution in [3.05, 3.63) is 63.5 Å². The maximum absolute atomic E-state index is 12.8. The highest BCUT2D eigenvalue weighted by Crippen LogP contribution is 2.17. The first kappa shape index (κ1) is 19.8. The van der Waals surface area contributed by atoms with Gasteiger partial charge in [-0.05, 0) is 23.9 Å². The van der Waals surface area contributed by atoms with Gasteiger partial charge < -0.3 is 10.1 Å². The Morgan fingerprint density at radius 1 is 1.24 bits per heavy atom. The summed E-state index contributed by atoms with van der Waals surface area (Å²) in [5.74, 6) is -0.206. The molecule has 29 heavy (non-hydrogen) atoms. The van der Waals surface area contributed by atoms with Crippen LogP contribution >= 0.6 is 11.3 Å². The van der Waals surface area contributed by atoms with Gasteiger partial charge in [0.05, 0.1) is 31.0 Å². The maximum atomic E-state index is 12.8. The van der Waals surface area contributed by atoms with Crippen molar-refractivity contribution in [2.45, 2.75) is 19.5 Å². The van der Waals surface area contributed by atoms with Gasteiger partial charge in [0.25, 0.3) is 5.56 Å². The number of carbonyl (C=O) groups is 1. The number of aromatic nitrogens is 2. The van der Waals surface area contributed by atoms with Crippen molar-refractivity contribution in [1.29, 1.82) is 0 Å². The summed E-state index contributed by atoms with van der Waals surface area (Å²) in [5.41, 5.74) is 2.03. The highest BCUT2D eigenvalue weighted by Gasteiger charge is 2.20. The second-order valence-electron chi connectivity index (χ2n) is 7.26. The van der Waals surface area contributed by atoms with Crippen molar-refractivity contribution in [1.82, 2.24) is 19.8 Å². The molecule has 0 spiro atoms. The number of thiophene rings is 1. The molecule has 1 aliphatic rings. The van der Waals surface area contributed by atoms with Gasteiger partial charge in [-0.1, -0.05) is 29.8 Å². The molecule has 1 aromatic carbocycles. The zero-order valence-corrected chi connectivity index (χ0v) is 17.2. The van der Waals surface area contributed by atoms with Crippen LogP contribution in [0.1, 0.15) is 17.2 Å². The lowest BCUT2D eigenvalue weighted by molar-refractivity contribution is -0.122. The minimum Gasteiger partial charge on any atom is -0.379 e. The molecule has 8 heteroatoms. The first-order valence-electron chi connectivity index (χ1n) is 9.69. The van der Waals surface area contributed by atoms with Crippen molar-refractivity contribution < 1.29 is 9.53 Å². The van der Waals surface area contributed by atoms with E-state index >= 15 is 0 Å². The van der Waals surface area contributed by atoms with Crippen molar-refractivity contribution >= 4 is 27.5 Å². The molecule has 0 unspecified atom stereocenters. The third kappa shape index (κ3) is 4.72. The number of morpholine rings is 1. The summed E-state index contributed by atoms with van der Waals surface area (Å²) in [5, 5.41) is 5.49. The van der Waals surface area contributed by atoms with Gasteiger partial charge in [-0.25, -0.2) is 4.98 Å². The van der Waals surface area contributed by atoms with Crippen molar-refractivity contribution in [3.8, 4) is 0 Å². The molecule has 0 aliphatic carbocycles. The van der Waals surface area contributed by atoms with Crippen LogP contribution in [-0.4, -0.2) is 53.2 Å². The lowest BCUT2D eigenvalue weighted by Crippen LogP contribution is -2.44. The number of amides is 1. The summed E-state index contributed by atoms with van der Waals surface area (Å²) in [6.45, 7) is 5.79. The fraction of sp³-hybridized carbons (Fsp3) is 0.381. The molecule has 1 saturated heterocycles. The van der Waals surface area contributed by atoms with Gasteiger partial charge in [0.2, 0.25) is 5.91 Å². The highest BCUT2D eigenvalue weighted by atomic mass is 32.1. The van der Waals surface area contributed by atoms with Crippen LogP contribution in [0.5, 0.6) is 0 Å². The van der Waals surface area contributed by atoms with E-state index in [1.807, 2.05) is 36.6 Å². The number of nitrogens with zero attached hydrogens (tertiary/aromatic N) is 3. The first-order chi connectivity index (χ1) is 14.1. The first-order valence-corrected chi connectivity index (χ1v) is 10.6. The Hall–Kier alpha value is -2.55. The lowest BCUT2D eigenvalue weighted by atomic mass is 10.0. The largest absolute Gasteiger partial charge is 0.379 e. The number of nitrogens with one attached hydrogen (secondary N) is 1. The van der Waals surface area contributed by atoms with Crippen LogP contribution < -0.4 is 10.9 Å². The van der Waals surface area contributed by atoms with Crippen molar-refractivity contribution in [2.24, 2.45) is 0 Å². The van der Waals surface area contributed by atoms with Gasteiger partial charge in [-0.3, -0.25) is 19.1 Å². The number of ether oxygens (including phenoxy) is 1. The van der Waals surface area contributed by atoms with Gasteiger partial charge >= 0.3 is 0 Å². The summed E-state index contributed by atoms with van der Waals surface area (Å²) in [6.07, 6.45) is 1.45. The quantitative estimate of drug-likeness (QED) is 0.670. The third-order valence-electron chi connectivity index (χ3n) is 5.12. The van der Waals surface area contributed by atoms with Gasteiger partial charge in [-0.2, -0.15) is 0 Å². The van der Waals surface area contributed by atoms with Crippen LogP contribution in [0.2, 0.25) is 0 Å². The SMILES string of the molecule is Cc1ccc([C@@H](CN2CCOCC2)NC(=O)Cn2cnc3sccc3c2=O)cc1. The van der Waals surface area contributed by atoms with E-state index in [-0.39, 0.29) is 24.1 Å². The summed E-state index contributed by atoms with van der Waals surface area (Å²) in [4.78, 5) is 32.6. The van der Waals surface area contributed by atoms with E-state index in [1.54, 1.807) is 6.07 Å². The standard InChI is InChI=1S/C21H24N4O3S/c1-15-2-4-16(5-3-15)18(12-24-7-9-28-10-8-24)23-19(26)13-25-14-22-20-17(21(25)27)6-11-29-20/h2-6,11,14,18H,7-10,12-13H2,1H3,(H,23,26)/t18-/m1/s1. The number of aryl methyl sites for hydroxylation is 1. The summed E-state index contributed by atoms with van der Waals surface area (Å²) in [6, 6.07) is 9.78. The van der Waals surface area contributed by atoms with E-state index in [0.29, 0.717) is 30.0 Å². The van der Waals surface area contributed by atoms with Crippen LogP contribution in [0.25, 0.3) is 10.2 Å². The Bertz CT molecular complexity index is 1040. The molecule has 4 rings (SSSR count). The number of benzene rings is 1. The number of hydrogen-bond donors (Lipinski definition) is 1. The minimum atomic E-state index is -0.206. The Morgan fingerprint density at radius 3 is 2.76 bits per heavy atom. The Morgan fingerprint density at radius 2 is 2.00 bits per heavy atom. The van der Waals surface area contributed by atoms with E-state index in [0.717, 1.165) is 18.7 Å². The van der Waals surface area contributed by atoms with Crippen LogP contribution in [0, 0.1) is 6.92 Å². The molecule has 3 aromatic rings. The molecule has 0 saturated carbocycles. The van der Waals surface area contributed by atoms with E-state index < -0.39 is 0 Å². The average Bonchev–Trinajstić information content (AvgIpc) is 3.21. The summed E-state index contributed by atoms with van der Waals surface area (Å²) < 4.78 is 6.80. The molecule has 1 aliphatic heterocycles. The second kappa shape index (κ2) is 8.86. The number of carbonyl (C=O) groups excluding carboxylic acids is 1. The molecule has 3 heterocycles. The predicted octanol–water partition coefficient (Wildman–Crippen LogP) is 1.96. The Kier molecular flexibility index (Phi) is 6.03. The molecular weight excluding hydrogens is 388 g/mol. The monoisotopic (exact) mass is 412 g/mol. The van der Waals surface area contributed by atoms with Crippen LogP contribution in [0.4, 0.5) is 0 Å². The molecule has 1 atom stereocenters. The molecule has 152 valence electrons. The third-order valence-corrected chi connectivity index (χ3v) is 5.94. The molecule has 7 nitrogen and oxygen atoms in total. The normalized spacial score (nSPS) is 16.0. The molecule has 1 amide bonds. The van der Waals surface area contributed by atoms with E-state index in [2.05, 4.69) is 15.2 Å². The molecule has 2 aromatic heterocycles. The molecular formula is C21H24N4O3S. The van der Waals surface area contributed by atoms with Gasteiger partial charge in [-0.15, -0.1) is 11.3 Å². The molecule has 0 radical (unpaired) electrons. The van der Waals surface area contributed by atoms with Crippen molar-refractivity contribution in [3.63, 3.8) is 0 Å². The molecule has 0 bridgehead atoms. The minimum absolute atomic E-state index is 0.0525. The van der Waals surface area contributed by atoms with Crippen LogP contribution in [-0.2, 0) is 16.1 Å². The topological polar surface area (TPSA) is 76.5 Å². The Balaban J connectivity index is 1.50. The summed E-state index contributed by atoms with van der Waals surface area (Å²) >= 11 is 1.42. The Labute approximate surface area is 172 Å². The van der Waals surface area contributed by atoms with E-state index in [1.165, 1.54) is 27.8 Å². The fourth-order valence-corrected chi connectivity index (χ4v) is 4.20. The number of fused-ring (bicyclic) bond motifs is 1. The van der Waals surface area contributed by atoms with Gasteiger partial charge in [0.15, 0.2) is 0 Å². The van der Waals surface area contributed by atoms with E-state index in [9.17, 15) is 9.59 Å². The fourth-order valence-electron chi connectivity index (χ4n) is 3.48. The van der Waals surface area contributed by atoms with Gasteiger partial charge in [0, 0.05) is 19.6 Å². The van der Waals surface area contributed by atoms with Crippen LogP contribution in [0.3, 0.4) is 0 Å². The van der Waals surface area contributed by atoms with Crippen molar-refractivity contribution in [2.75, 3.05) is 32.8 Å². The predicted molar refractivity (Wildman–Crippen MR) is 113 cm³/mol. The number of hydrogen-bond acceptors (Lipinski definition) is 6. The molecule has 1 N–H and O–H groups in total. The smallest absolute Gasteiger partial charge is 0.262 e. The zero-order valence-electron chi connectivity index (χ0n) is 16.3. The second-order valence-corrected chi connectivity index (χ2v) is 8.16. The number of rotatable bonds is 6. The van der Waals surface area contributed by atoms with Gasteiger partial charge in [0.1, 0.15) is 11.4 Å². The maximum Gasteiger partial charge on any atom is 0.262 e. The zero-order chi connectivity index (χ0) is 20.2. The average molecular weight is 413 g/mol. The van der Waals surface area contributed by atoms with E-state index in [4.69, 9.17) is 4.74 Å².